The molecule has 0 aliphatic carbocycles. The van der Waals surface area contributed by atoms with Crippen LogP contribution in [-0.2, 0) is 22.6 Å². The number of ether oxygens (including phenoxy) is 1. The summed E-state index contributed by atoms with van der Waals surface area (Å²) in [6, 6.07) is 8.26. The van der Waals surface area contributed by atoms with Crippen LogP contribution in [0.3, 0.4) is 0 Å². The Bertz CT molecular complexity index is 390. The van der Waals surface area contributed by atoms with Gasteiger partial charge in [-0.05, 0) is 30.9 Å². The molecule has 1 aromatic rings. The number of benzene rings is 1. The van der Waals surface area contributed by atoms with Crippen molar-refractivity contribution in [1.29, 1.82) is 0 Å². The molecule has 18 heavy (non-hydrogen) atoms. The van der Waals surface area contributed by atoms with Crippen LogP contribution in [0.2, 0.25) is 0 Å². The van der Waals surface area contributed by atoms with Gasteiger partial charge in [-0.2, -0.15) is 0 Å². The van der Waals surface area contributed by atoms with Crippen molar-refractivity contribution in [2.75, 3.05) is 0 Å². The third-order valence-electron chi connectivity index (χ3n) is 2.81. The van der Waals surface area contributed by atoms with E-state index in [4.69, 9.17) is 4.74 Å². The van der Waals surface area contributed by atoms with Crippen LogP contribution in [0.4, 0.5) is 0 Å². The van der Waals surface area contributed by atoms with Gasteiger partial charge in [-0.15, -0.1) is 0 Å². The van der Waals surface area contributed by atoms with Gasteiger partial charge in [-0.3, -0.25) is 0 Å². The average molecular weight is 246 g/mol. The molecule has 0 saturated heterocycles. The number of rotatable bonds is 7. The molecule has 1 aromatic carbocycles. The van der Waals surface area contributed by atoms with Gasteiger partial charge in [0.2, 0.25) is 0 Å². The zero-order valence-electron chi connectivity index (χ0n) is 11.4. The lowest BCUT2D eigenvalue weighted by molar-refractivity contribution is -0.140. The third kappa shape index (κ3) is 5.17. The van der Waals surface area contributed by atoms with Crippen molar-refractivity contribution < 1.29 is 9.53 Å². The molecule has 0 amide bonds. The Kier molecular flexibility index (Phi) is 6.20. The molecule has 2 heteroatoms. The standard InChI is InChI=1S/C16H22O2/c1-4-5-6-7-14-8-10-15(11-9-14)12-18-16(17)13(2)3/h8-11H,2,4-7,12H2,1,3H3. The lowest BCUT2D eigenvalue weighted by atomic mass is 10.1. The zero-order valence-corrected chi connectivity index (χ0v) is 11.4. The predicted molar refractivity (Wildman–Crippen MR) is 74.3 cm³/mol. The third-order valence-corrected chi connectivity index (χ3v) is 2.81. The molecule has 0 unspecified atom stereocenters. The van der Waals surface area contributed by atoms with Gasteiger partial charge < -0.3 is 4.74 Å². The fourth-order valence-corrected chi connectivity index (χ4v) is 1.65. The number of aryl methyl sites for hydroxylation is 1. The van der Waals surface area contributed by atoms with Crippen molar-refractivity contribution in [3.63, 3.8) is 0 Å². The van der Waals surface area contributed by atoms with Crippen molar-refractivity contribution in [1.82, 2.24) is 0 Å². The lowest BCUT2D eigenvalue weighted by Gasteiger charge is -2.06. The molecule has 0 aliphatic heterocycles. The van der Waals surface area contributed by atoms with Crippen molar-refractivity contribution in [2.24, 2.45) is 0 Å². The minimum Gasteiger partial charge on any atom is -0.457 e. The number of carbonyl (C=O) groups excluding carboxylic acids is 1. The number of carbonyl (C=O) groups is 1. The molecule has 0 radical (unpaired) electrons. The summed E-state index contributed by atoms with van der Waals surface area (Å²) in [6.07, 6.45) is 4.88. The first kappa shape index (κ1) is 14.5. The summed E-state index contributed by atoms with van der Waals surface area (Å²) in [5.41, 5.74) is 2.80. The van der Waals surface area contributed by atoms with Crippen LogP contribution in [0.25, 0.3) is 0 Å². The summed E-state index contributed by atoms with van der Waals surface area (Å²) in [5, 5.41) is 0. The molecule has 0 atom stereocenters. The molecule has 98 valence electrons. The number of hydrogen-bond acceptors (Lipinski definition) is 2. The Morgan fingerprint density at radius 1 is 1.17 bits per heavy atom. The van der Waals surface area contributed by atoms with E-state index in [0.29, 0.717) is 12.2 Å². The zero-order chi connectivity index (χ0) is 13.4. The van der Waals surface area contributed by atoms with Gasteiger partial charge in [0, 0.05) is 5.57 Å². The van der Waals surface area contributed by atoms with Crippen LogP contribution in [0.5, 0.6) is 0 Å². The van der Waals surface area contributed by atoms with Crippen LogP contribution >= 0.6 is 0 Å². The molecular formula is C16H22O2. The molecule has 0 aromatic heterocycles. The Labute approximate surface area is 110 Å². The first-order valence-corrected chi connectivity index (χ1v) is 6.54. The van der Waals surface area contributed by atoms with Crippen LogP contribution in [0.1, 0.15) is 44.2 Å². The van der Waals surface area contributed by atoms with Gasteiger partial charge in [0.15, 0.2) is 0 Å². The number of unbranched alkanes of at least 4 members (excludes halogenated alkanes) is 2. The largest absolute Gasteiger partial charge is 0.457 e. The summed E-state index contributed by atoms with van der Waals surface area (Å²) < 4.78 is 5.09. The number of hydrogen-bond donors (Lipinski definition) is 0. The van der Waals surface area contributed by atoms with Crippen molar-refractivity contribution in [3.8, 4) is 0 Å². The molecule has 0 N–H and O–H groups in total. The van der Waals surface area contributed by atoms with Gasteiger partial charge in [0.25, 0.3) is 0 Å². The molecule has 1 rings (SSSR count). The van der Waals surface area contributed by atoms with Crippen LogP contribution in [0, 0.1) is 0 Å². The van der Waals surface area contributed by atoms with Gasteiger partial charge in [-0.1, -0.05) is 50.6 Å². The Morgan fingerprint density at radius 3 is 2.33 bits per heavy atom. The highest BCUT2D eigenvalue weighted by Crippen LogP contribution is 2.10. The van der Waals surface area contributed by atoms with E-state index < -0.39 is 0 Å². The first-order chi connectivity index (χ1) is 8.63. The quantitative estimate of drug-likeness (QED) is 0.412. The second-order valence-corrected chi connectivity index (χ2v) is 4.63. The fraction of sp³-hybridized carbons (Fsp3) is 0.438. The van der Waals surface area contributed by atoms with Crippen LogP contribution in [0.15, 0.2) is 36.4 Å². The van der Waals surface area contributed by atoms with Gasteiger partial charge in [-0.25, -0.2) is 4.79 Å². The molecule has 0 aliphatic rings. The fourth-order valence-electron chi connectivity index (χ4n) is 1.65. The van der Waals surface area contributed by atoms with Crippen molar-refractivity contribution in [3.05, 3.63) is 47.5 Å². The average Bonchev–Trinajstić information content (AvgIpc) is 2.37. The minimum absolute atomic E-state index is 0.320. The van der Waals surface area contributed by atoms with E-state index in [9.17, 15) is 4.79 Å². The summed E-state index contributed by atoms with van der Waals surface area (Å²) in [6.45, 7) is 7.73. The molecule has 0 bridgehead atoms. The Morgan fingerprint density at radius 2 is 1.78 bits per heavy atom. The minimum atomic E-state index is -0.331. The molecule has 0 heterocycles. The van der Waals surface area contributed by atoms with Crippen molar-refractivity contribution >= 4 is 5.97 Å². The summed E-state index contributed by atoms with van der Waals surface area (Å²) in [7, 11) is 0. The Hall–Kier alpha value is -1.57. The summed E-state index contributed by atoms with van der Waals surface area (Å²) in [4.78, 5) is 11.2. The monoisotopic (exact) mass is 246 g/mol. The van der Waals surface area contributed by atoms with E-state index in [1.54, 1.807) is 6.92 Å². The van der Waals surface area contributed by atoms with E-state index >= 15 is 0 Å². The van der Waals surface area contributed by atoms with Gasteiger partial charge >= 0.3 is 5.97 Å². The van der Waals surface area contributed by atoms with E-state index in [1.807, 2.05) is 12.1 Å². The van der Waals surface area contributed by atoms with Crippen LogP contribution < -0.4 is 0 Å². The van der Waals surface area contributed by atoms with E-state index in [-0.39, 0.29) is 5.97 Å². The van der Waals surface area contributed by atoms with Gasteiger partial charge in [0.1, 0.15) is 6.61 Å². The topological polar surface area (TPSA) is 26.3 Å². The molecule has 0 saturated carbocycles. The maximum absolute atomic E-state index is 11.2. The highest BCUT2D eigenvalue weighted by molar-refractivity contribution is 5.86. The number of esters is 1. The molecule has 2 nitrogen and oxygen atoms in total. The molecule has 0 spiro atoms. The highest BCUT2D eigenvalue weighted by atomic mass is 16.5. The maximum atomic E-state index is 11.2. The lowest BCUT2D eigenvalue weighted by Crippen LogP contribution is -2.04. The van der Waals surface area contributed by atoms with Crippen molar-refractivity contribution in [2.45, 2.75) is 46.1 Å². The highest BCUT2D eigenvalue weighted by Gasteiger charge is 2.03. The Balaban J connectivity index is 2.40. The maximum Gasteiger partial charge on any atom is 0.333 e. The SMILES string of the molecule is C=C(C)C(=O)OCc1ccc(CCCCC)cc1. The second kappa shape index (κ2) is 7.70. The van der Waals surface area contributed by atoms with E-state index in [0.717, 1.165) is 12.0 Å². The summed E-state index contributed by atoms with van der Waals surface area (Å²) in [5.74, 6) is -0.331. The predicted octanol–water partition coefficient (Wildman–Crippen LogP) is 4.04. The second-order valence-electron chi connectivity index (χ2n) is 4.63. The smallest absolute Gasteiger partial charge is 0.333 e. The van der Waals surface area contributed by atoms with Crippen LogP contribution in [-0.4, -0.2) is 5.97 Å². The molecule has 0 fully saturated rings. The van der Waals surface area contributed by atoms with E-state index in [1.165, 1.54) is 24.8 Å². The normalized spacial score (nSPS) is 10.1. The first-order valence-electron chi connectivity index (χ1n) is 6.54. The van der Waals surface area contributed by atoms with Gasteiger partial charge in [0.05, 0.1) is 0 Å². The molecular weight excluding hydrogens is 224 g/mol. The summed E-state index contributed by atoms with van der Waals surface area (Å²) >= 11 is 0. The van der Waals surface area contributed by atoms with E-state index in [2.05, 4.69) is 25.6 Å².